The van der Waals surface area contributed by atoms with Crippen LogP contribution in [0.2, 0.25) is 0 Å². The number of anilines is 2. The van der Waals surface area contributed by atoms with Crippen molar-refractivity contribution in [1.29, 1.82) is 0 Å². The summed E-state index contributed by atoms with van der Waals surface area (Å²) in [6, 6.07) is 10.2. The normalized spacial score (nSPS) is 11.0. The molecule has 7 heteroatoms. The number of pyridine rings is 1. The van der Waals surface area contributed by atoms with Crippen molar-refractivity contribution in [3.63, 3.8) is 0 Å². The standard InChI is InChI=1S/C20H25N3O4/c1-14(24)22-16-6-5-7-17(12-16)23-19(25)15-8-9-18(21-13-15)26-10-11-27-20(2,3)4/h5-9,12-13H,10-11H2,1-4H3,(H,22,24)(H,23,25). The average molecular weight is 371 g/mol. The predicted molar refractivity (Wildman–Crippen MR) is 104 cm³/mol. The molecule has 0 spiro atoms. The van der Waals surface area contributed by atoms with Crippen LogP contribution in [0.4, 0.5) is 11.4 Å². The van der Waals surface area contributed by atoms with Crippen LogP contribution in [0.1, 0.15) is 38.1 Å². The molecule has 1 aromatic heterocycles. The molecular weight excluding hydrogens is 346 g/mol. The third-order valence-electron chi connectivity index (χ3n) is 3.31. The second kappa shape index (κ2) is 9.14. The van der Waals surface area contributed by atoms with Gasteiger partial charge in [-0.3, -0.25) is 9.59 Å². The monoisotopic (exact) mass is 371 g/mol. The Morgan fingerprint density at radius 1 is 1.04 bits per heavy atom. The van der Waals surface area contributed by atoms with Crippen LogP contribution in [0, 0.1) is 0 Å². The van der Waals surface area contributed by atoms with Crippen molar-refractivity contribution >= 4 is 23.2 Å². The number of hydrogen-bond acceptors (Lipinski definition) is 5. The van der Waals surface area contributed by atoms with E-state index < -0.39 is 0 Å². The Bertz CT molecular complexity index is 783. The van der Waals surface area contributed by atoms with E-state index in [2.05, 4.69) is 15.6 Å². The molecule has 1 heterocycles. The quantitative estimate of drug-likeness (QED) is 0.727. The minimum atomic E-state index is -0.301. The summed E-state index contributed by atoms with van der Waals surface area (Å²) in [7, 11) is 0. The van der Waals surface area contributed by atoms with Crippen LogP contribution in [0.15, 0.2) is 42.6 Å². The second-order valence-electron chi connectivity index (χ2n) is 6.91. The van der Waals surface area contributed by atoms with Gasteiger partial charge in [-0.05, 0) is 45.0 Å². The molecule has 0 aliphatic heterocycles. The first-order valence-corrected chi connectivity index (χ1v) is 8.65. The number of nitrogens with one attached hydrogen (secondary N) is 2. The van der Waals surface area contributed by atoms with Gasteiger partial charge in [-0.1, -0.05) is 6.07 Å². The van der Waals surface area contributed by atoms with E-state index in [1.54, 1.807) is 36.4 Å². The zero-order valence-electron chi connectivity index (χ0n) is 16.0. The van der Waals surface area contributed by atoms with Gasteiger partial charge in [0, 0.05) is 30.6 Å². The molecule has 0 bridgehead atoms. The third kappa shape index (κ3) is 7.45. The topological polar surface area (TPSA) is 89.6 Å². The van der Waals surface area contributed by atoms with E-state index in [0.717, 1.165) is 0 Å². The van der Waals surface area contributed by atoms with Crippen LogP contribution in [0.3, 0.4) is 0 Å². The highest BCUT2D eigenvalue weighted by Crippen LogP contribution is 2.16. The maximum absolute atomic E-state index is 12.3. The summed E-state index contributed by atoms with van der Waals surface area (Å²) in [6.07, 6.45) is 1.45. The molecule has 2 amide bonds. The van der Waals surface area contributed by atoms with E-state index >= 15 is 0 Å². The van der Waals surface area contributed by atoms with E-state index in [9.17, 15) is 9.59 Å². The second-order valence-corrected chi connectivity index (χ2v) is 6.91. The maximum atomic E-state index is 12.3. The smallest absolute Gasteiger partial charge is 0.257 e. The molecule has 0 aliphatic carbocycles. The number of rotatable bonds is 7. The third-order valence-corrected chi connectivity index (χ3v) is 3.31. The number of nitrogens with zero attached hydrogens (tertiary/aromatic N) is 1. The SMILES string of the molecule is CC(=O)Nc1cccc(NC(=O)c2ccc(OCCOC(C)(C)C)nc2)c1. The Kier molecular flexibility index (Phi) is 6.90. The molecule has 0 unspecified atom stereocenters. The van der Waals surface area contributed by atoms with Gasteiger partial charge < -0.3 is 20.1 Å². The van der Waals surface area contributed by atoms with Crippen molar-refractivity contribution in [2.24, 2.45) is 0 Å². The lowest BCUT2D eigenvalue weighted by atomic mass is 10.2. The number of carbonyl (C=O) groups excluding carboxylic acids is 2. The molecule has 2 aromatic rings. The van der Waals surface area contributed by atoms with E-state index in [1.807, 2.05) is 20.8 Å². The number of benzene rings is 1. The lowest BCUT2D eigenvalue weighted by Gasteiger charge is -2.19. The van der Waals surface area contributed by atoms with Gasteiger partial charge in [-0.2, -0.15) is 0 Å². The minimum absolute atomic E-state index is 0.175. The summed E-state index contributed by atoms with van der Waals surface area (Å²) in [5.41, 5.74) is 1.37. The molecule has 0 fully saturated rings. The average Bonchev–Trinajstić information content (AvgIpc) is 2.58. The molecule has 0 aliphatic rings. The molecule has 0 radical (unpaired) electrons. The van der Waals surface area contributed by atoms with Crippen LogP contribution in [-0.4, -0.2) is 35.6 Å². The lowest BCUT2D eigenvalue weighted by Crippen LogP contribution is -2.22. The van der Waals surface area contributed by atoms with Crippen molar-refractivity contribution in [3.8, 4) is 5.88 Å². The van der Waals surface area contributed by atoms with Crippen molar-refractivity contribution in [2.45, 2.75) is 33.3 Å². The minimum Gasteiger partial charge on any atom is -0.475 e. The first kappa shape index (κ1) is 20.4. The molecule has 144 valence electrons. The van der Waals surface area contributed by atoms with Crippen molar-refractivity contribution in [3.05, 3.63) is 48.2 Å². The predicted octanol–water partition coefficient (Wildman–Crippen LogP) is 3.49. The fraction of sp³-hybridized carbons (Fsp3) is 0.350. The van der Waals surface area contributed by atoms with Crippen LogP contribution >= 0.6 is 0 Å². The molecule has 27 heavy (non-hydrogen) atoms. The molecule has 7 nitrogen and oxygen atoms in total. The molecule has 0 atom stereocenters. The summed E-state index contributed by atoms with van der Waals surface area (Å²) in [4.78, 5) is 27.6. The zero-order valence-corrected chi connectivity index (χ0v) is 16.0. The summed E-state index contributed by atoms with van der Waals surface area (Å²) >= 11 is 0. The summed E-state index contributed by atoms with van der Waals surface area (Å²) in [6.45, 7) is 8.19. The number of ether oxygens (including phenoxy) is 2. The van der Waals surface area contributed by atoms with Gasteiger partial charge in [0.15, 0.2) is 0 Å². The van der Waals surface area contributed by atoms with E-state index in [4.69, 9.17) is 9.47 Å². The molecule has 0 saturated carbocycles. The highest BCUT2D eigenvalue weighted by atomic mass is 16.5. The number of hydrogen-bond donors (Lipinski definition) is 2. The molecule has 1 aromatic carbocycles. The molecular formula is C20H25N3O4. The van der Waals surface area contributed by atoms with Gasteiger partial charge in [0.25, 0.3) is 5.91 Å². The van der Waals surface area contributed by atoms with Gasteiger partial charge in [0.2, 0.25) is 11.8 Å². The first-order valence-electron chi connectivity index (χ1n) is 8.65. The van der Waals surface area contributed by atoms with E-state index in [0.29, 0.717) is 36.0 Å². The van der Waals surface area contributed by atoms with Crippen LogP contribution in [0.5, 0.6) is 5.88 Å². The first-order chi connectivity index (χ1) is 12.7. The number of carbonyl (C=O) groups is 2. The summed E-state index contributed by atoms with van der Waals surface area (Å²) in [5.74, 6) is -0.0482. The van der Waals surface area contributed by atoms with Crippen LogP contribution < -0.4 is 15.4 Å². The fourth-order valence-electron chi connectivity index (χ4n) is 2.18. The highest BCUT2D eigenvalue weighted by Gasteiger charge is 2.10. The Labute approximate surface area is 159 Å². The van der Waals surface area contributed by atoms with Gasteiger partial charge in [-0.15, -0.1) is 0 Å². The molecule has 2 rings (SSSR count). The Balaban J connectivity index is 1.89. The Morgan fingerprint density at radius 2 is 1.74 bits per heavy atom. The van der Waals surface area contributed by atoms with Crippen LogP contribution in [0.25, 0.3) is 0 Å². The van der Waals surface area contributed by atoms with Crippen molar-refractivity contribution in [1.82, 2.24) is 4.98 Å². The summed E-state index contributed by atoms with van der Waals surface area (Å²) in [5, 5.41) is 5.44. The van der Waals surface area contributed by atoms with E-state index in [-0.39, 0.29) is 17.4 Å². The van der Waals surface area contributed by atoms with Crippen LogP contribution in [-0.2, 0) is 9.53 Å². The Morgan fingerprint density at radius 3 is 2.33 bits per heavy atom. The zero-order chi connectivity index (χ0) is 19.9. The van der Waals surface area contributed by atoms with Gasteiger partial charge in [-0.25, -0.2) is 4.98 Å². The lowest BCUT2D eigenvalue weighted by molar-refractivity contribution is -0.114. The van der Waals surface area contributed by atoms with E-state index in [1.165, 1.54) is 13.1 Å². The fourth-order valence-corrected chi connectivity index (χ4v) is 2.18. The maximum Gasteiger partial charge on any atom is 0.257 e. The van der Waals surface area contributed by atoms with Crippen molar-refractivity contribution < 1.29 is 19.1 Å². The summed E-state index contributed by atoms with van der Waals surface area (Å²) < 4.78 is 11.1. The van der Waals surface area contributed by atoms with Gasteiger partial charge in [0.05, 0.1) is 17.8 Å². The molecule has 0 saturated heterocycles. The largest absolute Gasteiger partial charge is 0.475 e. The molecule has 2 N–H and O–H groups in total. The Hall–Kier alpha value is -2.93. The number of amides is 2. The van der Waals surface area contributed by atoms with Gasteiger partial charge >= 0.3 is 0 Å². The number of aromatic nitrogens is 1. The van der Waals surface area contributed by atoms with Gasteiger partial charge in [0.1, 0.15) is 6.61 Å². The highest BCUT2D eigenvalue weighted by molar-refractivity contribution is 6.04. The van der Waals surface area contributed by atoms with Crippen molar-refractivity contribution in [2.75, 3.05) is 23.8 Å².